The first-order chi connectivity index (χ1) is 37.6. The maximum atomic E-state index is 13.9. The van der Waals surface area contributed by atoms with Crippen molar-refractivity contribution in [2.75, 3.05) is 124 Å². The first kappa shape index (κ1) is 65.1. The van der Waals surface area contributed by atoms with E-state index in [0.717, 1.165) is 27.8 Å². The number of nitrogens with two attached hydrogens (primary N) is 1. The number of aryl methyl sites for hydroxylation is 2. The van der Waals surface area contributed by atoms with E-state index >= 15 is 0 Å². The number of carbonyl (C=O) groups is 9. The van der Waals surface area contributed by atoms with Gasteiger partial charge in [0, 0.05) is 84.2 Å². The molecule has 2 aliphatic rings. The van der Waals surface area contributed by atoms with Crippen LogP contribution in [0.15, 0.2) is 36.4 Å². The van der Waals surface area contributed by atoms with E-state index in [4.69, 9.17) is 15.2 Å². The Morgan fingerprint density at radius 2 is 1.20 bits per heavy atom. The first-order valence-corrected chi connectivity index (χ1v) is 26.9. The van der Waals surface area contributed by atoms with Crippen LogP contribution in [0.5, 0.6) is 5.75 Å². The van der Waals surface area contributed by atoms with E-state index in [-0.39, 0.29) is 155 Å². The molecule has 1 saturated heterocycles. The standard InChI is InChI=1S/C52H78N10O16S/c1-34-23-38(63)24-35(2)39(34)26-40(53)51(74)62-27-37-8-4-3-7-36(37)25-43(62)50(73)57-41(52(75)76)9-5-6-10-54-45(65)32-78-22-21-77-20-11-55-49(72)42(33-79)56-44(64)28-58-12-14-59(29-46(66)67)16-18-61(31-48(70)71)19-17-60(15-13-58)30-47(68)69/h3-4,7-8,23-24,40-43,63,79H,5-6,9-22,25-33,53H2,1-2H3,(H,54,65)(H,55,72)(H,56,64)(H,57,73)(H,66,67)(H,68,69)(H,70,71)(H,75,76)/t40-,41-,42-,43-/m0/s1. The molecule has 0 bridgehead atoms. The number of nitrogens with zero attached hydrogens (tertiary/aromatic N) is 5. The van der Waals surface area contributed by atoms with Gasteiger partial charge >= 0.3 is 23.9 Å². The minimum atomic E-state index is -1.26. The highest BCUT2D eigenvalue weighted by Crippen LogP contribution is 2.27. The lowest BCUT2D eigenvalue weighted by Gasteiger charge is -2.38. The summed E-state index contributed by atoms with van der Waals surface area (Å²) in [5, 5.41) is 59.0. The molecule has 4 rings (SSSR count). The summed E-state index contributed by atoms with van der Waals surface area (Å²) in [5.74, 6) is -6.96. The number of hydrogen-bond acceptors (Lipinski definition) is 18. The molecule has 27 heteroatoms. The van der Waals surface area contributed by atoms with E-state index in [1.54, 1.807) is 31.7 Å². The van der Waals surface area contributed by atoms with Gasteiger partial charge in [-0.25, -0.2) is 4.79 Å². The lowest BCUT2D eigenvalue weighted by molar-refractivity contribution is -0.146. The summed E-state index contributed by atoms with van der Waals surface area (Å²) < 4.78 is 10.9. The van der Waals surface area contributed by atoms with Gasteiger partial charge in [0.15, 0.2) is 0 Å². The number of aromatic hydroxyl groups is 1. The molecular weight excluding hydrogens is 1050 g/mol. The van der Waals surface area contributed by atoms with Crippen LogP contribution in [0.2, 0.25) is 0 Å². The number of carboxylic acid groups (broad SMARTS) is 4. The van der Waals surface area contributed by atoms with Crippen molar-refractivity contribution >= 4 is 66.0 Å². The molecule has 0 aromatic heterocycles. The van der Waals surface area contributed by atoms with Crippen LogP contribution in [-0.4, -0.2) is 251 Å². The molecule has 5 amide bonds. The quantitative estimate of drug-likeness (QED) is 0.0290. The van der Waals surface area contributed by atoms with E-state index in [1.807, 2.05) is 38.1 Å². The van der Waals surface area contributed by atoms with E-state index in [1.165, 1.54) is 4.90 Å². The lowest BCUT2D eigenvalue weighted by atomic mass is 9.91. The molecule has 0 radical (unpaired) electrons. The SMILES string of the molecule is Cc1cc(O)cc(C)c1C[C@H](N)C(=O)N1Cc2ccccc2C[C@H]1C(=O)N[C@@H](CCCCNC(=O)COCCOCCNC(=O)[C@H](CS)NC(=O)CN1CCN(CC(=O)O)CCN(CC(=O)O)CCN(CC(=O)O)CC1)C(=O)O. The van der Waals surface area contributed by atoms with Crippen LogP contribution in [0.4, 0.5) is 0 Å². The summed E-state index contributed by atoms with van der Waals surface area (Å²) in [6.45, 7) is 4.61. The van der Waals surface area contributed by atoms with Crippen molar-refractivity contribution in [3.05, 3.63) is 64.2 Å². The minimum Gasteiger partial charge on any atom is -0.508 e. The van der Waals surface area contributed by atoms with Gasteiger partial charge in [-0.2, -0.15) is 12.6 Å². The molecule has 438 valence electrons. The number of benzene rings is 2. The number of thiol groups is 1. The smallest absolute Gasteiger partial charge is 0.326 e. The van der Waals surface area contributed by atoms with Crippen molar-refractivity contribution in [1.29, 1.82) is 0 Å². The highest BCUT2D eigenvalue weighted by atomic mass is 32.1. The molecule has 0 aliphatic carbocycles. The van der Waals surface area contributed by atoms with Crippen molar-refractivity contribution in [3.63, 3.8) is 0 Å². The number of phenolic OH excluding ortho intramolecular Hbond substituents is 1. The molecule has 0 spiro atoms. The monoisotopic (exact) mass is 1130 g/mol. The normalized spacial score (nSPS) is 17.2. The Hall–Kier alpha value is -6.46. The van der Waals surface area contributed by atoms with E-state index in [2.05, 4.69) is 33.9 Å². The molecule has 2 aromatic rings. The molecule has 4 atom stereocenters. The molecule has 11 N–H and O–H groups in total. The van der Waals surface area contributed by atoms with Gasteiger partial charge in [-0.1, -0.05) is 24.3 Å². The van der Waals surface area contributed by atoms with Gasteiger partial charge in [-0.05, 0) is 79.5 Å². The maximum absolute atomic E-state index is 13.9. The van der Waals surface area contributed by atoms with Crippen molar-refractivity contribution in [2.24, 2.45) is 5.73 Å². The van der Waals surface area contributed by atoms with Crippen molar-refractivity contribution in [3.8, 4) is 5.75 Å². The van der Waals surface area contributed by atoms with Gasteiger partial charge in [0.05, 0.1) is 52.0 Å². The predicted octanol–water partition coefficient (Wildman–Crippen LogP) is -2.27. The summed E-state index contributed by atoms with van der Waals surface area (Å²) in [5.41, 5.74) is 10.5. The average molecular weight is 1130 g/mol. The topological polar surface area (TPSA) is 364 Å². The number of ether oxygens (including phenoxy) is 2. The fourth-order valence-corrected chi connectivity index (χ4v) is 9.51. The van der Waals surface area contributed by atoms with Crippen molar-refractivity contribution < 1.29 is 78.2 Å². The Labute approximate surface area is 464 Å². The average Bonchev–Trinajstić information content (AvgIpc) is 3.52. The van der Waals surface area contributed by atoms with Crippen LogP contribution in [0.25, 0.3) is 0 Å². The summed E-state index contributed by atoms with van der Waals surface area (Å²) >= 11 is 4.23. The van der Waals surface area contributed by atoms with Gasteiger partial charge < -0.3 is 66.9 Å². The largest absolute Gasteiger partial charge is 0.508 e. The second-order valence-corrected chi connectivity index (χ2v) is 20.0. The van der Waals surface area contributed by atoms with Crippen LogP contribution in [-0.2, 0) is 72.0 Å². The van der Waals surface area contributed by atoms with Crippen molar-refractivity contribution in [2.45, 2.75) is 76.7 Å². The van der Waals surface area contributed by atoms with Crippen LogP contribution in [0, 0.1) is 13.8 Å². The maximum Gasteiger partial charge on any atom is 0.326 e. The number of amides is 5. The van der Waals surface area contributed by atoms with Crippen LogP contribution in [0.3, 0.4) is 0 Å². The lowest BCUT2D eigenvalue weighted by Crippen LogP contribution is -2.58. The number of carbonyl (C=O) groups excluding carboxylic acids is 5. The fraction of sp³-hybridized carbons (Fsp3) is 0.596. The molecule has 26 nitrogen and oxygen atoms in total. The van der Waals surface area contributed by atoms with Gasteiger partial charge in [0.25, 0.3) is 0 Å². The molecule has 0 unspecified atom stereocenters. The Balaban J connectivity index is 1.13. The number of aliphatic carboxylic acids is 4. The molecule has 0 saturated carbocycles. The second kappa shape index (κ2) is 33.9. The summed E-state index contributed by atoms with van der Waals surface area (Å²) in [7, 11) is 0. The van der Waals surface area contributed by atoms with Gasteiger partial charge in [0.1, 0.15) is 30.5 Å². The minimum absolute atomic E-state index is 0.0394. The Morgan fingerprint density at radius 3 is 1.73 bits per heavy atom. The Morgan fingerprint density at radius 1 is 0.671 bits per heavy atom. The zero-order chi connectivity index (χ0) is 58.0. The van der Waals surface area contributed by atoms with Crippen LogP contribution < -0.4 is 27.0 Å². The highest BCUT2D eigenvalue weighted by Gasteiger charge is 2.38. The van der Waals surface area contributed by atoms with Gasteiger partial charge in [0.2, 0.25) is 29.5 Å². The number of carboxylic acids is 4. The molecule has 2 aromatic carbocycles. The third kappa shape index (κ3) is 23.4. The molecule has 79 heavy (non-hydrogen) atoms. The zero-order valence-electron chi connectivity index (χ0n) is 44.9. The Kier molecular flexibility index (Phi) is 27.9. The molecule has 2 heterocycles. The van der Waals surface area contributed by atoms with Crippen LogP contribution in [0.1, 0.15) is 47.1 Å². The zero-order valence-corrected chi connectivity index (χ0v) is 45.8. The third-order valence-corrected chi connectivity index (χ3v) is 13.8. The summed E-state index contributed by atoms with van der Waals surface area (Å²) in [4.78, 5) is 121. The number of nitrogens with one attached hydrogen (secondary N) is 4. The first-order valence-electron chi connectivity index (χ1n) is 26.2. The number of hydrogen-bond donors (Lipinski definition) is 11. The second-order valence-electron chi connectivity index (χ2n) is 19.6. The molecule has 2 aliphatic heterocycles. The number of rotatable bonds is 30. The Bertz CT molecular complexity index is 2350. The van der Waals surface area contributed by atoms with E-state index < -0.39 is 77.6 Å². The van der Waals surface area contributed by atoms with Gasteiger partial charge in [-0.3, -0.25) is 58.0 Å². The number of fused-ring (bicyclic) bond motifs is 1. The van der Waals surface area contributed by atoms with Crippen molar-refractivity contribution in [1.82, 2.24) is 45.8 Å². The van der Waals surface area contributed by atoms with E-state index in [0.29, 0.717) is 12.8 Å². The number of unbranched alkanes of at least 4 members (excludes halogenated alkanes) is 1. The fourth-order valence-electron chi connectivity index (χ4n) is 9.26. The number of phenols is 1. The molecule has 1 fully saturated rings. The summed E-state index contributed by atoms with van der Waals surface area (Å²) in [6.07, 6.45) is 1.12. The van der Waals surface area contributed by atoms with E-state index in [9.17, 15) is 68.7 Å². The third-order valence-electron chi connectivity index (χ3n) is 13.5. The highest BCUT2D eigenvalue weighted by molar-refractivity contribution is 7.80. The van der Waals surface area contributed by atoms with Crippen LogP contribution >= 0.6 is 12.6 Å². The van der Waals surface area contributed by atoms with Gasteiger partial charge in [-0.15, -0.1) is 0 Å². The molecular formula is C52H78N10O16S. The summed E-state index contributed by atoms with van der Waals surface area (Å²) in [6, 6.07) is 6.28. The predicted molar refractivity (Wildman–Crippen MR) is 289 cm³/mol.